The maximum absolute atomic E-state index is 14.1. The molecule has 0 heterocycles. The summed E-state index contributed by atoms with van der Waals surface area (Å²) in [6.07, 6.45) is 0. The highest BCUT2D eigenvalue weighted by Crippen LogP contribution is 2.29. The van der Waals surface area contributed by atoms with Gasteiger partial charge in [0.15, 0.2) is 0 Å². The SMILES string of the molecule is COC(=O)[C@@H](NC(=O)c1c(F)cc(F)cc1F)C(c1ccccc1)c1ccccc1. The molecule has 3 rings (SSSR count). The molecule has 0 aliphatic rings. The summed E-state index contributed by atoms with van der Waals surface area (Å²) in [5.74, 6) is -6.59. The number of ether oxygens (including phenoxy) is 1. The summed E-state index contributed by atoms with van der Waals surface area (Å²) >= 11 is 0. The van der Waals surface area contributed by atoms with Crippen LogP contribution in [0.25, 0.3) is 0 Å². The number of methoxy groups -OCH3 is 1. The van der Waals surface area contributed by atoms with Crippen LogP contribution in [0.1, 0.15) is 27.4 Å². The Balaban J connectivity index is 2.06. The van der Waals surface area contributed by atoms with Gasteiger partial charge in [-0.15, -0.1) is 0 Å². The molecule has 154 valence electrons. The van der Waals surface area contributed by atoms with Crippen LogP contribution in [0, 0.1) is 17.5 Å². The molecule has 3 aromatic rings. The zero-order valence-corrected chi connectivity index (χ0v) is 15.9. The van der Waals surface area contributed by atoms with Crippen molar-refractivity contribution < 1.29 is 27.5 Å². The van der Waals surface area contributed by atoms with Crippen molar-refractivity contribution >= 4 is 11.9 Å². The predicted molar refractivity (Wildman–Crippen MR) is 104 cm³/mol. The second-order valence-electron chi connectivity index (χ2n) is 6.52. The number of carbonyl (C=O) groups excluding carboxylic acids is 2. The molecule has 0 fully saturated rings. The van der Waals surface area contributed by atoms with Gasteiger partial charge in [0.1, 0.15) is 29.1 Å². The van der Waals surface area contributed by atoms with Crippen LogP contribution in [-0.2, 0) is 9.53 Å². The van der Waals surface area contributed by atoms with Crippen LogP contribution in [0.3, 0.4) is 0 Å². The first-order chi connectivity index (χ1) is 14.4. The molecule has 0 spiro atoms. The van der Waals surface area contributed by atoms with Crippen molar-refractivity contribution in [3.05, 3.63) is 107 Å². The quantitative estimate of drug-likeness (QED) is 0.616. The average molecular weight is 413 g/mol. The largest absolute Gasteiger partial charge is 0.467 e. The smallest absolute Gasteiger partial charge is 0.329 e. The fourth-order valence-corrected chi connectivity index (χ4v) is 3.28. The Morgan fingerprint density at radius 1 is 0.833 bits per heavy atom. The lowest BCUT2D eigenvalue weighted by Gasteiger charge is -2.27. The Hall–Kier alpha value is -3.61. The van der Waals surface area contributed by atoms with E-state index >= 15 is 0 Å². The Bertz CT molecular complexity index is 980. The molecule has 1 amide bonds. The Morgan fingerprint density at radius 2 is 1.30 bits per heavy atom. The van der Waals surface area contributed by atoms with Gasteiger partial charge in [-0.1, -0.05) is 60.7 Å². The van der Waals surface area contributed by atoms with Crippen LogP contribution < -0.4 is 5.32 Å². The maximum atomic E-state index is 14.1. The van der Waals surface area contributed by atoms with Crippen molar-refractivity contribution in [2.24, 2.45) is 0 Å². The highest BCUT2D eigenvalue weighted by molar-refractivity contribution is 5.97. The minimum Gasteiger partial charge on any atom is -0.467 e. The van der Waals surface area contributed by atoms with E-state index in [0.29, 0.717) is 23.3 Å². The molecule has 0 bridgehead atoms. The van der Waals surface area contributed by atoms with Gasteiger partial charge in [0.2, 0.25) is 0 Å². The molecular weight excluding hydrogens is 395 g/mol. The summed E-state index contributed by atoms with van der Waals surface area (Å²) in [6, 6.07) is 17.2. The van der Waals surface area contributed by atoms with Crippen molar-refractivity contribution in [3.63, 3.8) is 0 Å². The number of benzene rings is 3. The van der Waals surface area contributed by atoms with E-state index in [1.165, 1.54) is 0 Å². The molecule has 0 aliphatic carbocycles. The Kier molecular flexibility index (Phi) is 6.51. The molecule has 7 heteroatoms. The molecule has 0 radical (unpaired) electrons. The molecule has 0 saturated carbocycles. The van der Waals surface area contributed by atoms with E-state index in [1.54, 1.807) is 60.7 Å². The number of hydrogen-bond donors (Lipinski definition) is 1. The normalized spacial score (nSPS) is 11.8. The van der Waals surface area contributed by atoms with Crippen LogP contribution >= 0.6 is 0 Å². The van der Waals surface area contributed by atoms with Gasteiger partial charge < -0.3 is 10.1 Å². The van der Waals surface area contributed by atoms with Gasteiger partial charge in [-0.25, -0.2) is 18.0 Å². The van der Waals surface area contributed by atoms with E-state index in [2.05, 4.69) is 5.32 Å². The van der Waals surface area contributed by atoms with E-state index in [-0.39, 0.29) is 0 Å². The molecule has 0 saturated heterocycles. The minimum absolute atomic E-state index is 0.400. The van der Waals surface area contributed by atoms with Crippen LogP contribution in [-0.4, -0.2) is 25.0 Å². The fourth-order valence-electron chi connectivity index (χ4n) is 3.28. The maximum Gasteiger partial charge on any atom is 0.329 e. The third-order valence-electron chi connectivity index (χ3n) is 4.63. The lowest BCUT2D eigenvalue weighted by atomic mass is 9.84. The zero-order valence-electron chi connectivity index (χ0n) is 15.9. The number of esters is 1. The van der Waals surface area contributed by atoms with Gasteiger partial charge in [-0.05, 0) is 11.1 Å². The minimum atomic E-state index is -1.37. The monoisotopic (exact) mass is 413 g/mol. The topological polar surface area (TPSA) is 55.4 Å². The first-order valence-corrected chi connectivity index (χ1v) is 9.05. The summed E-state index contributed by atoms with van der Waals surface area (Å²) in [5, 5.41) is 2.37. The van der Waals surface area contributed by atoms with Gasteiger partial charge in [-0.2, -0.15) is 0 Å². The summed E-state index contributed by atoms with van der Waals surface area (Å²) in [6.45, 7) is 0. The van der Waals surface area contributed by atoms with E-state index in [9.17, 15) is 22.8 Å². The molecule has 0 unspecified atom stereocenters. The van der Waals surface area contributed by atoms with Crippen molar-refractivity contribution in [2.45, 2.75) is 12.0 Å². The van der Waals surface area contributed by atoms with Gasteiger partial charge in [0.05, 0.1) is 7.11 Å². The van der Waals surface area contributed by atoms with Crippen molar-refractivity contribution in [1.29, 1.82) is 0 Å². The standard InChI is InChI=1S/C23H18F3NO3/c1-30-23(29)21(27-22(28)20-17(25)12-16(24)13-18(20)26)19(14-8-4-2-5-9-14)15-10-6-3-7-11-15/h2-13,19,21H,1H3,(H,27,28)/t21-/m0/s1. The summed E-state index contributed by atoms with van der Waals surface area (Å²) in [4.78, 5) is 25.3. The fraction of sp³-hybridized carbons (Fsp3) is 0.130. The summed E-state index contributed by atoms with van der Waals surface area (Å²) in [7, 11) is 1.15. The van der Waals surface area contributed by atoms with Crippen LogP contribution in [0.5, 0.6) is 0 Å². The second-order valence-corrected chi connectivity index (χ2v) is 6.52. The number of nitrogens with one attached hydrogen (secondary N) is 1. The predicted octanol–water partition coefficient (Wildman–Crippen LogP) is 4.21. The van der Waals surface area contributed by atoms with E-state index in [4.69, 9.17) is 4.74 Å². The molecule has 4 nitrogen and oxygen atoms in total. The van der Waals surface area contributed by atoms with Gasteiger partial charge in [-0.3, -0.25) is 4.79 Å². The molecule has 30 heavy (non-hydrogen) atoms. The first kappa shape index (κ1) is 21.1. The molecule has 1 atom stereocenters. The van der Waals surface area contributed by atoms with Gasteiger partial charge in [0.25, 0.3) is 5.91 Å². The highest BCUT2D eigenvalue weighted by atomic mass is 19.1. The number of amides is 1. The van der Waals surface area contributed by atoms with Gasteiger partial charge >= 0.3 is 5.97 Å². The summed E-state index contributed by atoms with van der Waals surface area (Å²) < 4.78 is 46.2. The lowest BCUT2D eigenvalue weighted by Crippen LogP contribution is -2.46. The number of halogens is 3. The van der Waals surface area contributed by atoms with Crippen LogP contribution in [0.4, 0.5) is 13.2 Å². The average Bonchev–Trinajstić information content (AvgIpc) is 2.73. The third kappa shape index (κ3) is 4.51. The van der Waals surface area contributed by atoms with Crippen LogP contribution in [0.2, 0.25) is 0 Å². The number of hydrogen-bond acceptors (Lipinski definition) is 3. The Labute approximate surface area is 171 Å². The van der Waals surface area contributed by atoms with E-state index < -0.39 is 46.9 Å². The van der Waals surface area contributed by atoms with Gasteiger partial charge in [0, 0.05) is 18.1 Å². The van der Waals surface area contributed by atoms with Crippen molar-refractivity contribution in [2.75, 3.05) is 7.11 Å². The lowest BCUT2D eigenvalue weighted by molar-refractivity contribution is -0.143. The summed E-state index contributed by atoms with van der Waals surface area (Å²) in [5.41, 5.74) is 0.379. The second kappa shape index (κ2) is 9.26. The molecule has 3 aromatic carbocycles. The number of rotatable bonds is 6. The Morgan fingerprint density at radius 3 is 1.73 bits per heavy atom. The molecule has 0 aliphatic heterocycles. The molecular formula is C23H18F3NO3. The zero-order chi connectivity index (χ0) is 21.7. The molecule has 0 aromatic heterocycles. The number of carbonyl (C=O) groups is 2. The highest BCUT2D eigenvalue weighted by Gasteiger charge is 2.34. The van der Waals surface area contributed by atoms with E-state index in [0.717, 1.165) is 7.11 Å². The van der Waals surface area contributed by atoms with E-state index in [1.807, 2.05) is 0 Å². The first-order valence-electron chi connectivity index (χ1n) is 9.05. The van der Waals surface area contributed by atoms with Crippen LogP contribution in [0.15, 0.2) is 72.8 Å². The van der Waals surface area contributed by atoms with Crippen molar-refractivity contribution in [1.82, 2.24) is 5.32 Å². The van der Waals surface area contributed by atoms with Crippen molar-refractivity contribution in [3.8, 4) is 0 Å². The molecule has 1 N–H and O–H groups in total. The third-order valence-corrected chi connectivity index (χ3v) is 4.63.